The van der Waals surface area contributed by atoms with E-state index < -0.39 is 0 Å². The van der Waals surface area contributed by atoms with E-state index >= 15 is 0 Å². The summed E-state index contributed by atoms with van der Waals surface area (Å²) in [7, 11) is 0. The monoisotopic (exact) mass is 591 g/mol. The van der Waals surface area contributed by atoms with Crippen molar-refractivity contribution in [1.29, 1.82) is 0 Å². The van der Waals surface area contributed by atoms with Crippen molar-refractivity contribution in [2.75, 3.05) is 0 Å². The predicted octanol–water partition coefficient (Wildman–Crippen LogP) is 12.4. The maximum atomic E-state index is 6.61. The number of hydrogen-bond donors (Lipinski definition) is 0. The van der Waals surface area contributed by atoms with Crippen LogP contribution in [0.3, 0.4) is 0 Å². The van der Waals surface area contributed by atoms with Gasteiger partial charge < -0.3 is 8.98 Å². The number of furan rings is 1. The molecule has 3 heteroatoms. The van der Waals surface area contributed by atoms with Crippen LogP contribution in [0.25, 0.3) is 91.9 Å². The smallest absolute Gasteiger partial charge is 0.161 e. The van der Waals surface area contributed by atoms with Crippen LogP contribution in [0.2, 0.25) is 0 Å². The highest BCUT2D eigenvalue weighted by Crippen LogP contribution is 2.44. The zero-order chi connectivity index (χ0) is 29.5. The van der Waals surface area contributed by atoms with E-state index in [4.69, 9.17) is 4.42 Å². The first kappa shape index (κ1) is 24.8. The van der Waals surface area contributed by atoms with Gasteiger partial charge in [0.1, 0.15) is 11.1 Å². The second-order valence-corrected chi connectivity index (χ2v) is 12.8. The second kappa shape index (κ2) is 9.43. The molecule has 10 aromatic rings. The average molecular weight is 592 g/mol. The van der Waals surface area contributed by atoms with Crippen LogP contribution < -0.4 is 0 Å². The molecule has 0 amide bonds. The summed E-state index contributed by atoms with van der Waals surface area (Å²) < 4.78 is 11.6. The summed E-state index contributed by atoms with van der Waals surface area (Å²) in [6.07, 6.45) is 0. The van der Waals surface area contributed by atoms with E-state index in [1.54, 1.807) is 0 Å². The molecule has 10 rings (SSSR count). The van der Waals surface area contributed by atoms with Gasteiger partial charge in [0, 0.05) is 36.6 Å². The molecule has 210 valence electrons. The molecule has 7 aromatic carbocycles. The topological polar surface area (TPSA) is 18.1 Å². The average Bonchev–Trinajstić information content (AvgIpc) is 3.77. The normalized spacial score (nSPS) is 12.0. The quantitative estimate of drug-likeness (QED) is 0.200. The van der Waals surface area contributed by atoms with E-state index in [2.05, 4.69) is 156 Å². The van der Waals surface area contributed by atoms with E-state index in [-0.39, 0.29) is 0 Å². The van der Waals surface area contributed by atoms with Crippen molar-refractivity contribution in [3.8, 4) is 27.9 Å². The number of nitrogens with zero attached hydrogens (tertiary/aromatic N) is 1. The fraction of sp³-hybridized carbons (Fsp3) is 0. The van der Waals surface area contributed by atoms with Crippen molar-refractivity contribution in [3.63, 3.8) is 0 Å². The highest BCUT2D eigenvalue weighted by Gasteiger charge is 2.19. The second-order valence-electron chi connectivity index (χ2n) is 11.7. The van der Waals surface area contributed by atoms with Gasteiger partial charge in [0.05, 0.1) is 5.52 Å². The first-order valence-electron chi connectivity index (χ1n) is 15.3. The molecule has 0 saturated heterocycles. The molecule has 0 spiro atoms. The van der Waals surface area contributed by atoms with Crippen LogP contribution in [0.4, 0.5) is 0 Å². The third-order valence-corrected chi connectivity index (χ3v) is 10.4. The van der Waals surface area contributed by atoms with Crippen LogP contribution in [0.5, 0.6) is 0 Å². The lowest BCUT2D eigenvalue weighted by atomic mass is 9.96. The lowest BCUT2D eigenvalue weighted by Gasteiger charge is -2.08. The van der Waals surface area contributed by atoms with Gasteiger partial charge in [0.2, 0.25) is 0 Å². The summed E-state index contributed by atoms with van der Waals surface area (Å²) in [6.45, 7) is 0. The SMILES string of the molecule is c1ccc(-n2c3ccccc3c3oc4cc(-c5ccc(-c6cccc7sc8c9ccccc9ccc8c67)cc5)ccc4c32)cc1. The highest BCUT2D eigenvalue weighted by molar-refractivity contribution is 7.26. The Morgan fingerprint density at radius 2 is 1.24 bits per heavy atom. The Morgan fingerprint density at radius 3 is 2.13 bits per heavy atom. The Bertz CT molecular complexity index is 2740. The summed E-state index contributed by atoms with van der Waals surface area (Å²) >= 11 is 1.89. The molecule has 2 nitrogen and oxygen atoms in total. The Morgan fingerprint density at radius 1 is 0.511 bits per heavy atom. The fourth-order valence-corrected chi connectivity index (χ4v) is 8.39. The first-order chi connectivity index (χ1) is 22.3. The third kappa shape index (κ3) is 3.62. The number of thiophene rings is 1. The molecule has 3 aromatic heterocycles. The number of fused-ring (bicyclic) bond motifs is 10. The maximum Gasteiger partial charge on any atom is 0.161 e. The van der Waals surface area contributed by atoms with Crippen molar-refractivity contribution in [2.45, 2.75) is 0 Å². The van der Waals surface area contributed by atoms with Gasteiger partial charge in [-0.3, -0.25) is 0 Å². The summed E-state index contributed by atoms with van der Waals surface area (Å²) in [6, 6.07) is 54.6. The van der Waals surface area contributed by atoms with Crippen LogP contribution in [0.1, 0.15) is 0 Å². The Labute approximate surface area is 263 Å². The summed E-state index contributed by atoms with van der Waals surface area (Å²) in [5.74, 6) is 0. The van der Waals surface area contributed by atoms with E-state index in [9.17, 15) is 0 Å². The van der Waals surface area contributed by atoms with Gasteiger partial charge in [0.15, 0.2) is 5.58 Å². The minimum absolute atomic E-state index is 0.902. The van der Waals surface area contributed by atoms with Crippen LogP contribution in [0, 0.1) is 0 Å². The molecule has 0 aliphatic rings. The van der Waals surface area contributed by atoms with Gasteiger partial charge in [-0.1, -0.05) is 109 Å². The lowest BCUT2D eigenvalue weighted by Crippen LogP contribution is -1.92. The maximum absolute atomic E-state index is 6.61. The van der Waals surface area contributed by atoms with E-state index in [1.807, 2.05) is 11.3 Å². The summed E-state index contributed by atoms with van der Waals surface area (Å²) in [5, 5.41) is 7.53. The molecule has 0 N–H and O–H groups in total. The van der Waals surface area contributed by atoms with Crippen molar-refractivity contribution >= 4 is 75.3 Å². The standard InChI is InChI=1S/C42H25NOS/c1-2-10-30(11-3-1)43-36-15-7-6-13-33(36)41-40(43)34-23-22-29(25-37(34)44-41)26-17-19-28(20-18-26)31-14-8-16-38-39(31)35-24-21-27-9-4-5-12-32(27)42(35)45-38/h1-25H. The summed E-state index contributed by atoms with van der Waals surface area (Å²) in [5.41, 5.74) is 10.1. The van der Waals surface area contributed by atoms with Crippen LogP contribution in [-0.4, -0.2) is 4.57 Å². The van der Waals surface area contributed by atoms with Gasteiger partial charge in [-0.25, -0.2) is 0 Å². The van der Waals surface area contributed by atoms with Crippen molar-refractivity contribution in [1.82, 2.24) is 4.57 Å². The van der Waals surface area contributed by atoms with Gasteiger partial charge in [-0.15, -0.1) is 11.3 Å². The number of benzene rings is 7. The molecule has 45 heavy (non-hydrogen) atoms. The van der Waals surface area contributed by atoms with E-state index in [0.29, 0.717) is 0 Å². The molecule has 0 unspecified atom stereocenters. The molecule has 3 heterocycles. The largest absolute Gasteiger partial charge is 0.454 e. The number of para-hydroxylation sites is 2. The van der Waals surface area contributed by atoms with Crippen molar-refractivity contribution in [2.24, 2.45) is 0 Å². The molecular formula is C42H25NOS. The first-order valence-corrected chi connectivity index (χ1v) is 16.1. The van der Waals surface area contributed by atoms with Crippen LogP contribution in [0.15, 0.2) is 156 Å². The van der Waals surface area contributed by atoms with Gasteiger partial charge in [0.25, 0.3) is 0 Å². The highest BCUT2D eigenvalue weighted by atomic mass is 32.1. The van der Waals surface area contributed by atoms with Gasteiger partial charge in [-0.2, -0.15) is 0 Å². The molecule has 0 atom stereocenters. The van der Waals surface area contributed by atoms with Crippen molar-refractivity contribution in [3.05, 3.63) is 152 Å². The van der Waals surface area contributed by atoms with E-state index in [0.717, 1.165) is 44.2 Å². The zero-order valence-electron chi connectivity index (χ0n) is 24.2. The fourth-order valence-electron chi connectivity index (χ4n) is 7.13. The molecule has 0 saturated carbocycles. The van der Waals surface area contributed by atoms with E-state index in [1.165, 1.54) is 47.6 Å². The molecule has 0 fully saturated rings. The predicted molar refractivity (Wildman–Crippen MR) is 192 cm³/mol. The van der Waals surface area contributed by atoms with Gasteiger partial charge >= 0.3 is 0 Å². The number of aromatic nitrogens is 1. The molecule has 0 radical (unpaired) electrons. The molecule has 0 aliphatic carbocycles. The Balaban J connectivity index is 1.09. The number of hydrogen-bond acceptors (Lipinski definition) is 2. The molecular weight excluding hydrogens is 567 g/mol. The Hall–Kier alpha value is -5.64. The van der Waals surface area contributed by atoms with Crippen LogP contribution >= 0.6 is 11.3 Å². The zero-order valence-corrected chi connectivity index (χ0v) is 25.0. The minimum atomic E-state index is 0.902. The summed E-state index contributed by atoms with van der Waals surface area (Å²) in [4.78, 5) is 0. The minimum Gasteiger partial charge on any atom is -0.454 e. The number of rotatable bonds is 3. The lowest BCUT2D eigenvalue weighted by molar-refractivity contribution is 0.673. The van der Waals surface area contributed by atoms with Gasteiger partial charge in [-0.05, 0) is 75.5 Å². The third-order valence-electron chi connectivity index (χ3n) is 9.21. The molecule has 0 bridgehead atoms. The van der Waals surface area contributed by atoms with Crippen molar-refractivity contribution < 1.29 is 4.42 Å². The molecule has 0 aliphatic heterocycles. The Kier molecular flexibility index (Phi) is 5.19. The van der Waals surface area contributed by atoms with Crippen LogP contribution in [-0.2, 0) is 0 Å².